The molecule has 0 saturated heterocycles. The number of carbonyl (C=O) groups excluding carboxylic acids is 2. The number of nitrogens with zero attached hydrogens (tertiary/aromatic N) is 2. The van der Waals surface area contributed by atoms with Crippen LogP contribution in [0.4, 0.5) is 11.4 Å². The summed E-state index contributed by atoms with van der Waals surface area (Å²) >= 11 is 0. The number of fused-ring (bicyclic) bond motifs is 2. The lowest BCUT2D eigenvalue weighted by Gasteiger charge is -2.38. The molecule has 26 heavy (non-hydrogen) atoms. The van der Waals surface area contributed by atoms with E-state index in [1.165, 1.54) is 5.56 Å². The number of anilines is 2. The lowest BCUT2D eigenvalue weighted by atomic mass is 9.96. The van der Waals surface area contributed by atoms with Crippen molar-refractivity contribution in [2.45, 2.75) is 38.8 Å². The Morgan fingerprint density at radius 1 is 1.08 bits per heavy atom. The number of benzene rings is 2. The van der Waals surface area contributed by atoms with Gasteiger partial charge in [-0.25, -0.2) is 0 Å². The number of aryl methyl sites for hydroxylation is 1. The summed E-state index contributed by atoms with van der Waals surface area (Å²) < 4.78 is 5.66. The van der Waals surface area contributed by atoms with Crippen LogP contribution in [-0.2, 0) is 16.0 Å². The predicted octanol–water partition coefficient (Wildman–Crippen LogP) is 3.17. The molecule has 0 bridgehead atoms. The fourth-order valence-corrected chi connectivity index (χ4v) is 3.80. The third-order valence-electron chi connectivity index (χ3n) is 5.16. The molecule has 0 N–H and O–H groups in total. The molecule has 2 atom stereocenters. The lowest BCUT2D eigenvalue weighted by Crippen LogP contribution is -2.52. The Kier molecular flexibility index (Phi) is 4.15. The van der Waals surface area contributed by atoms with Gasteiger partial charge in [0.1, 0.15) is 12.3 Å². The van der Waals surface area contributed by atoms with Crippen molar-refractivity contribution >= 4 is 23.2 Å². The van der Waals surface area contributed by atoms with Crippen molar-refractivity contribution < 1.29 is 14.3 Å². The van der Waals surface area contributed by atoms with Crippen LogP contribution < -0.4 is 14.5 Å². The summed E-state index contributed by atoms with van der Waals surface area (Å²) in [5, 5.41) is 0. The predicted molar refractivity (Wildman–Crippen MR) is 101 cm³/mol. The van der Waals surface area contributed by atoms with E-state index in [9.17, 15) is 9.59 Å². The fourth-order valence-electron chi connectivity index (χ4n) is 3.80. The van der Waals surface area contributed by atoms with Crippen LogP contribution in [0.1, 0.15) is 25.8 Å². The zero-order valence-corrected chi connectivity index (χ0v) is 15.0. The number of carbonyl (C=O) groups is 2. The zero-order chi connectivity index (χ0) is 18.3. The smallest absolute Gasteiger partial charge is 0.268 e. The van der Waals surface area contributed by atoms with E-state index in [4.69, 9.17) is 4.74 Å². The van der Waals surface area contributed by atoms with Gasteiger partial charge in [-0.3, -0.25) is 14.5 Å². The van der Waals surface area contributed by atoms with Gasteiger partial charge in [0, 0.05) is 11.7 Å². The molecule has 0 spiro atoms. The highest BCUT2D eigenvalue weighted by Gasteiger charge is 2.35. The minimum absolute atomic E-state index is 0.0161. The molecule has 2 aliphatic rings. The topological polar surface area (TPSA) is 49.9 Å². The van der Waals surface area contributed by atoms with Crippen LogP contribution in [0.3, 0.4) is 0 Å². The molecule has 4 rings (SSSR count). The molecule has 0 saturated carbocycles. The highest BCUT2D eigenvalue weighted by atomic mass is 16.5. The van der Waals surface area contributed by atoms with Gasteiger partial charge in [-0.2, -0.15) is 0 Å². The molecule has 134 valence electrons. The van der Waals surface area contributed by atoms with Gasteiger partial charge >= 0.3 is 0 Å². The third kappa shape index (κ3) is 2.73. The highest BCUT2D eigenvalue weighted by molar-refractivity contribution is 6.07. The number of para-hydroxylation sites is 3. The van der Waals surface area contributed by atoms with Crippen LogP contribution in [0.25, 0.3) is 0 Å². The standard InChI is InChI=1S/C21H22N2O3/c1-14-11-12-16-7-3-4-8-17(16)23(14)20(24)13-22-18-9-5-6-10-19(18)26-15(2)21(22)25/h3-10,14-15H,11-13H2,1-2H3. The van der Waals surface area contributed by atoms with E-state index in [0.717, 1.165) is 18.5 Å². The second-order valence-electron chi connectivity index (χ2n) is 6.93. The Hall–Kier alpha value is -2.82. The monoisotopic (exact) mass is 350 g/mol. The molecule has 2 unspecified atom stereocenters. The van der Waals surface area contributed by atoms with Crippen LogP contribution in [0.5, 0.6) is 5.75 Å². The van der Waals surface area contributed by atoms with Gasteiger partial charge in [0.25, 0.3) is 5.91 Å². The SMILES string of the molecule is CC1Oc2ccccc2N(CC(=O)N2c3ccccc3CCC2C)C1=O. The average molecular weight is 350 g/mol. The average Bonchev–Trinajstić information content (AvgIpc) is 2.65. The van der Waals surface area contributed by atoms with Gasteiger partial charge in [0.2, 0.25) is 5.91 Å². The van der Waals surface area contributed by atoms with E-state index in [0.29, 0.717) is 11.4 Å². The van der Waals surface area contributed by atoms with Crippen LogP contribution in [0.15, 0.2) is 48.5 Å². The van der Waals surface area contributed by atoms with E-state index in [1.54, 1.807) is 11.8 Å². The van der Waals surface area contributed by atoms with Crippen molar-refractivity contribution in [3.8, 4) is 5.75 Å². The van der Waals surface area contributed by atoms with Gasteiger partial charge in [0.15, 0.2) is 6.10 Å². The number of ether oxygens (including phenoxy) is 1. The number of hydrogen-bond acceptors (Lipinski definition) is 3. The quantitative estimate of drug-likeness (QED) is 0.836. The van der Waals surface area contributed by atoms with Crippen molar-refractivity contribution in [3.05, 3.63) is 54.1 Å². The first-order chi connectivity index (χ1) is 12.6. The maximum atomic E-state index is 13.2. The van der Waals surface area contributed by atoms with Crippen molar-refractivity contribution in [2.24, 2.45) is 0 Å². The van der Waals surface area contributed by atoms with E-state index in [1.807, 2.05) is 47.4 Å². The Morgan fingerprint density at radius 3 is 2.58 bits per heavy atom. The van der Waals surface area contributed by atoms with Gasteiger partial charge < -0.3 is 9.64 Å². The van der Waals surface area contributed by atoms with E-state index < -0.39 is 6.10 Å². The van der Waals surface area contributed by atoms with Crippen molar-refractivity contribution in [3.63, 3.8) is 0 Å². The fraction of sp³-hybridized carbons (Fsp3) is 0.333. The first-order valence-corrected chi connectivity index (χ1v) is 9.03. The molecule has 5 heteroatoms. The molecule has 5 nitrogen and oxygen atoms in total. The van der Waals surface area contributed by atoms with Gasteiger partial charge in [0.05, 0.1) is 5.69 Å². The van der Waals surface area contributed by atoms with E-state index >= 15 is 0 Å². The van der Waals surface area contributed by atoms with Crippen molar-refractivity contribution in [1.82, 2.24) is 0 Å². The van der Waals surface area contributed by atoms with Crippen LogP contribution in [0, 0.1) is 0 Å². The second-order valence-corrected chi connectivity index (χ2v) is 6.93. The maximum absolute atomic E-state index is 13.2. The number of hydrogen-bond donors (Lipinski definition) is 0. The summed E-state index contributed by atoms with van der Waals surface area (Å²) in [6.07, 6.45) is 1.30. The van der Waals surface area contributed by atoms with Crippen molar-refractivity contribution in [2.75, 3.05) is 16.3 Å². The summed E-state index contributed by atoms with van der Waals surface area (Å²) in [5.41, 5.74) is 2.79. The second kappa shape index (κ2) is 6.48. The van der Waals surface area contributed by atoms with Gasteiger partial charge in [-0.1, -0.05) is 30.3 Å². The van der Waals surface area contributed by atoms with E-state index in [2.05, 4.69) is 13.0 Å². The summed E-state index contributed by atoms with van der Waals surface area (Å²) in [6.45, 7) is 3.79. The maximum Gasteiger partial charge on any atom is 0.268 e. The number of rotatable bonds is 2. The molecule has 0 aromatic heterocycles. The molecule has 2 aromatic carbocycles. The molecule has 0 radical (unpaired) electrons. The van der Waals surface area contributed by atoms with Crippen LogP contribution in [0.2, 0.25) is 0 Å². The first kappa shape index (κ1) is 16.6. The largest absolute Gasteiger partial charge is 0.479 e. The van der Waals surface area contributed by atoms with Crippen LogP contribution >= 0.6 is 0 Å². The van der Waals surface area contributed by atoms with E-state index in [-0.39, 0.29) is 24.4 Å². The van der Waals surface area contributed by atoms with Gasteiger partial charge in [-0.15, -0.1) is 0 Å². The molecular formula is C21H22N2O3. The Balaban J connectivity index is 1.65. The first-order valence-electron chi connectivity index (χ1n) is 9.03. The summed E-state index contributed by atoms with van der Waals surface area (Å²) in [6, 6.07) is 15.5. The lowest BCUT2D eigenvalue weighted by molar-refractivity contribution is -0.127. The van der Waals surface area contributed by atoms with Crippen LogP contribution in [-0.4, -0.2) is 30.5 Å². The molecule has 2 aromatic rings. The zero-order valence-electron chi connectivity index (χ0n) is 15.0. The minimum Gasteiger partial charge on any atom is -0.479 e. The number of amides is 2. The summed E-state index contributed by atoms with van der Waals surface area (Å²) in [7, 11) is 0. The molecule has 2 amide bonds. The van der Waals surface area contributed by atoms with Gasteiger partial charge in [-0.05, 0) is 50.5 Å². The molecule has 0 aliphatic carbocycles. The molecule has 2 aliphatic heterocycles. The molecule has 0 fully saturated rings. The highest BCUT2D eigenvalue weighted by Crippen LogP contribution is 2.35. The molecule has 2 heterocycles. The third-order valence-corrected chi connectivity index (χ3v) is 5.16. The summed E-state index contributed by atoms with van der Waals surface area (Å²) in [5.74, 6) is 0.386. The normalized spacial score (nSPS) is 21.7. The molecular weight excluding hydrogens is 328 g/mol. The summed E-state index contributed by atoms with van der Waals surface area (Å²) in [4.78, 5) is 29.2. The minimum atomic E-state index is -0.594. The Morgan fingerprint density at radius 2 is 1.77 bits per heavy atom. The Bertz CT molecular complexity index is 864. The Labute approximate surface area is 153 Å². The van der Waals surface area contributed by atoms with Crippen molar-refractivity contribution in [1.29, 1.82) is 0 Å².